The molecule has 2 heterocycles. The molecule has 0 atom stereocenters. The normalized spacial score (nSPS) is 10.7. The molecule has 4 rings (SSSR count). The molecule has 2 N–H and O–H groups in total. The number of anilines is 1. The van der Waals surface area contributed by atoms with Gasteiger partial charge >= 0.3 is 5.69 Å². The summed E-state index contributed by atoms with van der Waals surface area (Å²) >= 11 is 1.05. The fraction of sp³-hybridized carbons (Fsp3) is 0.0952. The largest absolute Gasteiger partial charge is 0.411 e. The van der Waals surface area contributed by atoms with Gasteiger partial charge in [0.1, 0.15) is 5.82 Å². The number of thioether (sulfide) groups is 1. The number of aryl methyl sites for hydroxylation is 1. The van der Waals surface area contributed by atoms with E-state index in [1.54, 1.807) is 12.1 Å². The van der Waals surface area contributed by atoms with Crippen LogP contribution in [0.4, 0.5) is 5.82 Å². The van der Waals surface area contributed by atoms with Crippen LogP contribution in [0, 0.1) is 6.92 Å². The Morgan fingerprint density at radius 3 is 2.58 bits per heavy atom. The van der Waals surface area contributed by atoms with E-state index < -0.39 is 17.2 Å². The van der Waals surface area contributed by atoms with Crippen LogP contribution in [-0.2, 0) is 4.79 Å². The predicted molar refractivity (Wildman–Crippen MR) is 116 cm³/mol. The smallest absolute Gasteiger partial charge is 0.334 e. The maximum atomic E-state index is 12.5. The Labute approximate surface area is 180 Å². The van der Waals surface area contributed by atoms with E-state index in [2.05, 4.69) is 20.5 Å². The summed E-state index contributed by atoms with van der Waals surface area (Å²) in [7, 11) is 0. The maximum absolute atomic E-state index is 12.5. The first-order chi connectivity index (χ1) is 15.0. The number of rotatable bonds is 6. The number of nitrogens with zero attached hydrogens (tertiary/aromatic N) is 3. The van der Waals surface area contributed by atoms with Crippen LogP contribution < -0.4 is 16.6 Å². The second-order valence-electron chi connectivity index (χ2n) is 6.57. The average molecular weight is 435 g/mol. The van der Waals surface area contributed by atoms with Gasteiger partial charge in [-0.2, -0.15) is 0 Å². The van der Waals surface area contributed by atoms with Gasteiger partial charge in [-0.15, -0.1) is 10.2 Å². The number of nitrogens with one attached hydrogen (secondary N) is 2. The fourth-order valence-electron chi connectivity index (χ4n) is 2.81. The average Bonchev–Trinajstić information content (AvgIpc) is 3.23. The molecule has 0 aliphatic carbocycles. The van der Waals surface area contributed by atoms with Gasteiger partial charge in [-0.05, 0) is 31.2 Å². The number of hydrogen-bond acceptors (Lipinski definition) is 7. The van der Waals surface area contributed by atoms with Crippen LogP contribution in [-0.4, -0.2) is 31.4 Å². The van der Waals surface area contributed by atoms with Crippen molar-refractivity contribution in [1.82, 2.24) is 19.7 Å². The lowest BCUT2D eigenvalue weighted by atomic mass is 10.2. The maximum Gasteiger partial charge on any atom is 0.334 e. The van der Waals surface area contributed by atoms with Gasteiger partial charge in [-0.1, -0.05) is 47.7 Å². The van der Waals surface area contributed by atoms with Crippen molar-refractivity contribution in [2.45, 2.75) is 12.1 Å². The van der Waals surface area contributed by atoms with E-state index >= 15 is 0 Å². The lowest BCUT2D eigenvalue weighted by Gasteiger charge is -2.13. The Bertz CT molecular complexity index is 1330. The van der Waals surface area contributed by atoms with E-state index in [1.165, 1.54) is 4.57 Å². The summed E-state index contributed by atoms with van der Waals surface area (Å²) in [6.45, 7) is 1.92. The lowest BCUT2D eigenvalue weighted by molar-refractivity contribution is -0.113. The molecule has 0 bridgehead atoms. The molecule has 0 saturated heterocycles. The highest BCUT2D eigenvalue weighted by Gasteiger charge is 2.14. The molecule has 9 nitrogen and oxygen atoms in total. The molecular formula is C21H17N5O4S. The number of benzene rings is 2. The van der Waals surface area contributed by atoms with Crippen molar-refractivity contribution in [3.63, 3.8) is 0 Å². The molecule has 2 aromatic carbocycles. The van der Waals surface area contributed by atoms with Crippen molar-refractivity contribution in [3.8, 4) is 17.1 Å². The molecule has 0 radical (unpaired) electrons. The molecule has 1 amide bonds. The zero-order chi connectivity index (χ0) is 21.8. The monoisotopic (exact) mass is 435 g/mol. The topological polar surface area (TPSA) is 123 Å². The molecule has 0 aliphatic rings. The number of amides is 1. The van der Waals surface area contributed by atoms with Gasteiger partial charge in [-0.3, -0.25) is 14.6 Å². The second-order valence-corrected chi connectivity index (χ2v) is 7.50. The van der Waals surface area contributed by atoms with Crippen molar-refractivity contribution in [2.75, 3.05) is 11.1 Å². The van der Waals surface area contributed by atoms with Crippen molar-refractivity contribution >= 4 is 23.5 Å². The molecule has 31 heavy (non-hydrogen) atoms. The Morgan fingerprint density at radius 2 is 1.84 bits per heavy atom. The second kappa shape index (κ2) is 8.84. The quantitative estimate of drug-likeness (QED) is 0.446. The summed E-state index contributed by atoms with van der Waals surface area (Å²) in [5.74, 6) is -0.0639. The van der Waals surface area contributed by atoms with Crippen LogP contribution in [0.2, 0.25) is 0 Å². The first-order valence-corrected chi connectivity index (χ1v) is 10.2. The van der Waals surface area contributed by atoms with Crippen LogP contribution in [0.25, 0.3) is 17.1 Å². The first-order valence-electron chi connectivity index (χ1n) is 9.24. The zero-order valence-electron chi connectivity index (χ0n) is 16.4. The molecule has 2 aromatic heterocycles. The Hall–Kier alpha value is -3.92. The van der Waals surface area contributed by atoms with E-state index in [1.807, 2.05) is 49.4 Å². The Balaban J connectivity index is 1.49. The number of aromatic amines is 1. The first kappa shape index (κ1) is 20.4. The molecule has 0 fully saturated rings. The van der Waals surface area contributed by atoms with E-state index in [9.17, 15) is 14.4 Å². The van der Waals surface area contributed by atoms with Gasteiger partial charge in [0.05, 0.1) is 11.4 Å². The fourth-order valence-corrected chi connectivity index (χ4v) is 3.37. The highest BCUT2D eigenvalue weighted by molar-refractivity contribution is 7.99. The van der Waals surface area contributed by atoms with Crippen LogP contribution in [0.3, 0.4) is 0 Å². The highest BCUT2D eigenvalue weighted by atomic mass is 32.2. The number of aromatic nitrogens is 4. The number of hydrogen-bond donors (Lipinski definition) is 2. The summed E-state index contributed by atoms with van der Waals surface area (Å²) in [5.41, 5.74) is 1.04. The zero-order valence-corrected chi connectivity index (χ0v) is 17.2. The van der Waals surface area contributed by atoms with Crippen molar-refractivity contribution in [3.05, 3.63) is 87.1 Å². The summed E-state index contributed by atoms with van der Waals surface area (Å²) in [4.78, 5) is 38.8. The molecule has 0 unspecified atom stereocenters. The SMILES string of the molecule is Cc1ccc(-n2c(NC(=O)CSc3nnc(-c4ccccc4)o3)cc(=O)[nH]c2=O)cc1. The minimum Gasteiger partial charge on any atom is -0.411 e. The number of carbonyl (C=O) groups is 1. The standard InChI is InChI=1S/C21H17N5O4S/c1-13-7-9-15(10-8-13)26-16(11-17(27)23-20(26)29)22-18(28)12-31-21-25-24-19(30-21)14-5-3-2-4-6-14/h2-11H,12H2,1H3,(H,22,28)(H,23,27,29). The van der Waals surface area contributed by atoms with E-state index in [0.717, 1.165) is 29.0 Å². The number of H-pyrrole nitrogens is 1. The molecule has 156 valence electrons. The minimum absolute atomic E-state index is 0.0503. The van der Waals surface area contributed by atoms with Gasteiger partial charge < -0.3 is 9.73 Å². The third-order valence-electron chi connectivity index (χ3n) is 4.26. The Kier molecular flexibility index (Phi) is 5.80. The molecule has 0 saturated carbocycles. The highest BCUT2D eigenvalue weighted by Crippen LogP contribution is 2.23. The summed E-state index contributed by atoms with van der Waals surface area (Å²) in [6, 6.07) is 17.5. The summed E-state index contributed by atoms with van der Waals surface area (Å²) in [5, 5.41) is 10.7. The van der Waals surface area contributed by atoms with E-state index in [4.69, 9.17) is 4.42 Å². The predicted octanol–water partition coefficient (Wildman–Crippen LogP) is 2.62. The van der Waals surface area contributed by atoms with Gasteiger partial charge in [0, 0.05) is 11.6 Å². The number of carbonyl (C=O) groups excluding carboxylic acids is 1. The van der Waals surface area contributed by atoms with Crippen LogP contribution in [0.1, 0.15) is 5.56 Å². The van der Waals surface area contributed by atoms with Crippen LogP contribution in [0.5, 0.6) is 0 Å². The third-order valence-corrected chi connectivity index (χ3v) is 5.07. The van der Waals surface area contributed by atoms with Crippen molar-refractivity contribution in [2.24, 2.45) is 0 Å². The molecule has 0 spiro atoms. The minimum atomic E-state index is -0.649. The molecular weight excluding hydrogens is 418 g/mol. The van der Waals surface area contributed by atoms with Crippen molar-refractivity contribution < 1.29 is 9.21 Å². The van der Waals surface area contributed by atoms with Gasteiger partial charge in [0.25, 0.3) is 10.8 Å². The molecule has 10 heteroatoms. The lowest BCUT2D eigenvalue weighted by Crippen LogP contribution is -2.32. The molecule has 0 aliphatic heterocycles. The van der Waals surface area contributed by atoms with Crippen LogP contribution >= 0.6 is 11.8 Å². The Morgan fingerprint density at radius 1 is 1.10 bits per heavy atom. The molecule has 4 aromatic rings. The van der Waals surface area contributed by atoms with E-state index in [0.29, 0.717) is 11.6 Å². The van der Waals surface area contributed by atoms with Crippen LogP contribution in [0.15, 0.2) is 79.9 Å². The van der Waals surface area contributed by atoms with Gasteiger partial charge in [0.2, 0.25) is 11.8 Å². The summed E-state index contributed by atoms with van der Waals surface area (Å²) < 4.78 is 6.79. The summed E-state index contributed by atoms with van der Waals surface area (Å²) in [6.07, 6.45) is 0. The third kappa shape index (κ3) is 4.81. The van der Waals surface area contributed by atoms with Crippen molar-refractivity contribution in [1.29, 1.82) is 0 Å². The van der Waals surface area contributed by atoms with E-state index in [-0.39, 0.29) is 16.8 Å². The van der Waals surface area contributed by atoms with Gasteiger partial charge in [-0.25, -0.2) is 9.36 Å². The van der Waals surface area contributed by atoms with Gasteiger partial charge in [0.15, 0.2) is 0 Å².